The Balaban J connectivity index is 2.30. The van der Waals surface area contributed by atoms with Gasteiger partial charge in [-0.3, -0.25) is 4.79 Å². The highest BCUT2D eigenvalue weighted by Gasteiger charge is 2.31. The Bertz CT molecular complexity index is 639. The van der Waals surface area contributed by atoms with Gasteiger partial charge < -0.3 is 10.1 Å². The van der Waals surface area contributed by atoms with Crippen LogP contribution in [0.5, 0.6) is 5.75 Å². The van der Waals surface area contributed by atoms with Crippen molar-refractivity contribution in [2.75, 3.05) is 12.4 Å². The van der Waals surface area contributed by atoms with Gasteiger partial charge in [0.2, 0.25) is 0 Å². The second-order valence-corrected chi connectivity index (χ2v) is 4.27. The molecule has 0 aliphatic heterocycles. The molecule has 2 aromatic carbocycles. The predicted octanol–water partition coefficient (Wildman–Crippen LogP) is 3.97. The molecule has 21 heavy (non-hydrogen) atoms. The standard InChI is InChI=1S/C15H12F3NO2/c1-21-13-8-11(15(16,17)18)7-12(9-13)19-14(20)10-5-3-2-4-6-10/h2-9H,1H3,(H,19,20). The molecule has 2 rings (SSSR count). The van der Waals surface area contributed by atoms with Gasteiger partial charge >= 0.3 is 6.18 Å². The zero-order valence-electron chi connectivity index (χ0n) is 11.1. The SMILES string of the molecule is COc1cc(NC(=O)c2ccccc2)cc(C(F)(F)F)c1. The second kappa shape index (κ2) is 5.87. The third kappa shape index (κ3) is 3.75. The van der Waals surface area contributed by atoms with Gasteiger partial charge in [0.25, 0.3) is 5.91 Å². The first-order valence-corrected chi connectivity index (χ1v) is 6.03. The van der Waals surface area contributed by atoms with Crippen molar-refractivity contribution in [3.63, 3.8) is 0 Å². The Morgan fingerprint density at radius 2 is 1.76 bits per heavy atom. The van der Waals surface area contributed by atoms with E-state index in [1.807, 2.05) is 0 Å². The topological polar surface area (TPSA) is 38.3 Å². The van der Waals surface area contributed by atoms with Gasteiger partial charge in [0.15, 0.2) is 0 Å². The number of anilines is 1. The number of hydrogen-bond donors (Lipinski definition) is 1. The Kier molecular flexibility index (Phi) is 4.16. The van der Waals surface area contributed by atoms with E-state index >= 15 is 0 Å². The molecule has 0 saturated carbocycles. The van der Waals surface area contributed by atoms with Crippen LogP contribution < -0.4 is 10.1 Å². The maximum atomic E-state index is 12.8. The molecule has 6 heteroatoms. The van der Waals surface area contributed by atoms with Crippen LogP contribution in [0.2, 0.25) is 0 Å². The molecule has 0 fully saturated rings. The van der Waals surface area contributed by atoms with Crippen molar-refractivity contribution in [2.24, 2.45) is 0 Å². The van der Waals surface area contributed by atoms with Crippen LogP contribution in [0.3, 0.4) is 0 Å². The number of alkyl halides is 3. The fourth-order valence-corrected chi connectivity index (χ4v) is 1.75. The number of carbonyl (C=O) groups excluding carboxylic acids is 1. The van der Waals surface area contributed by atoms with Gasteiger partial charge in [-0.05, 0) is 24.3 Å². The zero-order chi connectivity index (χ0) is 15.5. The van der Waals surface area contributed by atoms with E-state index in [2.05, 4.69) is 5.32 Å². The number of benzene rings is 2. The third-order valence-corrected chi connectivity index (χ3v) is 2.76. The maximum Gasteiger partial charge on any atom is 0.416 e. The van der Waals surface area contributed by atoms with Crippen molar-refractivity contribution in [3.8, 4) is 5.75 Å². The monoisotopic (exact) mass is 295 g/mol. The average Bonchev–Trinajstić information content (AvgIpc) is 2.46. The molecule has 0 heterocycles. The summed E-state index contributed by atoms with van der Waals surface area (Å²) in [5.41, 5.74) is -0.505. The minimum absolute atomic E-state index is 0.0215. The first-order chi connectivity index (χ1) is 9.90. The van der Waals surface area contributed by atoms with E-state index in [1.54, 1.807) is 30.3 Å². The molecule has 0 aliphatic carbocycles. The van der Waals surface area contributed by atoms with Gasteiger partial charge in [-0.1, -0.05) is 18.2 Å². The van der Waals surface area contributed by atoms with Gasteiger partial charge in [-0.2, -0.15) is 13.2 Å². The quantitative estimate of drug-likeness (QED) is 0.930. The fraction of sp³-hybridized carbons (Fsp3) is 0.133. The largest absolute Gasteiger partial charge is 0.497 e. The lowest BCUT2D eigenvalue weighted by Crippen LogP contribution is -2.13. The lowest BCUT2D eigenvalue weighted by atomic mass is 10.1. The maximum absolute atomic E-state index is 12.8. The number of rotatable bonds is 3. The molecule has 1 N–H and O–H groups in total. The summed E-state index contributed by atoms with van der Waals surface area (Å²) in [6.45, 7) is 0. The van der Waals surface area contributed by atoms with E-state index in [4.69, 9.17) is 4.74 Å². The third-order valence-electron chi connectivity index (χ3n) is 2.76. The highest BCUT2D eigenvalue weighted by molar-refractivity contribution is 6.04. The van der Waals surface area contributed by atoms with E-state index in [9.17, 15) is 18.0 Å². The van der Waals surface area contributed by atoms with E-state index < -0.39 is 17.6 Å². The molecule has 0 radical (unpaired) electrons. The normalized spacial score (nSPS) is 11.0. The van der Waals surface area contributed by atoms with Crippen molar-refractivity contribution in [2.45, 2.75) is 6.18 Å². The average molecular weight is 295 g/mol. The molecule has 0 bridgehead atoms. The van der Waals surface area contributed by atoms with E-state index in [0.29, 0.717) is 5.56 Å². The molecular formula is C15H12F3NO2. The number of carbonyl (C=O) groups is 1. The van der Waals surface area contributed by atoms with Crippen molar-refractivity contribution < 1.29 is 22.7 Å². The number of amides is 1. The molecule has 0 saturated heterocycles. The first-order valence-electron chi connectivity index (χ1n) is 6.03. The van der Waals surface area contributed by atoms with E-state index in [-0.39, 0.29) is 11.4 Å². The Hall–Kier alpha value is -2.50. The summed E-state index contributed by atoms with van der Waals surface area (Å²) >= 11 is 0. The van der Waals surface area contributed by atoms with Crippen molar-refractivity contribution >= 4 is 11.6 Å². The second-order valence-electron chi connectivity index (χ2n) is 4.27. The van der Waals surface area contributed by atoms with Crippen LogP contribution in [-0.4, -0.2) is 13.0 Å². The van der Waals surface area contributed by atoms with Crippen LogP contribution in [0.1, 0.15) is 15.9 Å². The molecule has 0 spiro atoms. The van der Waals surface area contributed by atoms with Gasteiger partial charge in [0.1, 0.15) is 5.75 Å². The summed E-state index contributed by atoms with van der Waals surface area (Å²) in [6.07, 6.45) is -4.51. The predicted molar refractivity (Wildman–Crippen MR) is 72.4 cm³/mol. The van der Waals surface area contributed by atoms with Crippen LogP contribution >= 0.6 is 0 Å². The number of methoxy groups -OCH3 is 1. The van der Waals surface area contributed by atoms with E-state index in [0.717, 1.165) is 12.1 Å². The minimum Gasteiger partial charge on any atom is -0.497 e. The highest BCUT2D eigenvalue weighted by Crippen LogP contribution is 2.34. The Labute approximate surface area is 119 Å². The minimum atomic E-state index is -4.51. The molecule has 0 atom stereocenters. The number of nitrogens with one attached hydrogen (secondary N) is 1. The summed E-state index contributed by atoms with van der Waals surface area (Å²) in [5, 5.41) is 2.43. The molecule has 0 unspecified atom stereocenters. The number of halogens is 3. The summed E-state index contributed by atoms with van der Waals surface area (Å²) in [5.74, 6) is -0.467. The number of ether oxygens (including phenoxy) is 1. The molecular weight excluding hydrogens is 283 g/mol. The molecule has 1 amide bonds. The molecule has 0 aliphatic rings. The van der Waals surface area contributed by atoms with Gasteiger partial charge in [-0.25, -0.2) is 0 Å². The Morgan fingerprint density at radius 1 is 1.10 bits per heavy atom. The van der Waals surface area contributed by atoms with E-state index in [1.165, 1.54) is 13.2 Å². The molecule has 110 valence electrons. The zero-order valence-corrected chi connectivity index (χ0v) is 11.1. The number of hydrogen-bond acceptors (Lipinski definition) is 2. The summed E-state index contributed by atoms with van der Waals surface area (Å²) in [7, 11) is 1.26. The van der Waals surface area contributed by atoms with Gasteiger partial charge in [0, 0.05) is 17.3 Å². The molecule has 2 aromatic rings. The summed E-state index contributed by atoms with van der Waals surface area (Å²) < 4.78 is 43.2. The molecule has 3 nitrogen and oxygen atoms in total. The van der Waals surface area contributed by atoms with Gasteiger partial charge in [0.05, 0.1) is 12.7 Å². The van der Waals surface area contributed by atoms with Crippen LogP contribution in [0.4, 0.5) is 18.9 Å². The van der Waals surface area contributed by atoms with Crippen LogP contribution in [0, 0.1) is 0 Å². The lowest BCUT2D eigenvalue weighted by Gasteiger charge is -2.12. The van der Waals surface area contributed by atoms with Crippen molar-refractivity contribution in [1.29, 1.82) is 0 Å². The Morgan fingerprint density at radius 3 is 2.33 bits per heavy atom. The van der Waals surface area contributed by atoms with Crippen molar-refractivity contribution in [1.82, 2.24) is 0 Å². The van der Waals surface area contributed by atoms with Crippen LogP contribution in [0.15, 0.2) is 48.5 Å². The van der Waals surface area contributed by atoms with Crippen molar-refractivity contribution in [3.05, 3.63) is 59.7 Å². The summed E-state index contributed by atoms with van der Waals surface area (Å²) in [4.78, 5) is 11.9. The lowest BCUT2D eigenvalue weighted by molar-refractivity contribution is -0.137. The highest BCUT2D eigenvalue weighted by atomic mass is 19.4. The smallest absolute Gasteiger partial charge is 0.416 e. The van der Waals surface area contributed by atoms with Crippen LogP contribution in [-0.2, 0) is 6.18 Å². The van der Waals surface area contributed by atoms with Crippen LogP contribution in [0.25, 0.3) is 0 Å². The summed E-state index contributed by atoms with van der Waals surface area (Å²) in [6, 6.07) is 11.3. The van der Waals surface area contributed by atoms with Gasteiger partial charge in [-0.15, -0.1) is 0 Å². The fourth-order valence-electron chi connectivity index (χ4n) is 1.75. The first kappa shape index (κ1) is 14.9. The molecule has 0 aromatic heterocycles.